The number of carbonyl (C=O) groups is 1. The zero-order valence-electron chi connectivity index (χ0n) is 9.61. The maximum absolute atomic E-state index is 11.9. The number of para-hydroxylation sites is 1. The van der Waals surface area contributed by atoms with Gasteiger partial charge in [-0.15, -0.1) is 0 Å². The molecule has 18 heavy (non-hydrogen) atoms. The molecular formula is C14H10Cl2O2. The summed E-state index contributed by atoms with van der Waals surface area (Å²) in [6.45, 7) is 1.94. The lowest BCUT2D eigenvalue weighted by atomic mass is 10.1. The summed E-state index contributed by atoms with van der Waals surface area (Å²) >= 11 is 11.8. The van der Waals surface area contributed by atoms with E-state index in [9.17, 15) is 4.79 Å². The van der Waals surface area contributed by atoms with Crippen LogP contribution in [0.3, 0.4) is 0 Å². The van der Waals surface area contributed by atoms with Crippen molar-refractivity contribution in [3.05, 3.63) is 63.6 Å². The van der Waals surface area contributed by atoms with Gasteiger partial charge in [-0.2, -0.15) is 0 Å². The number of esters is 1. The molecule has 0 heterocycles. The second-order valence-corrected chi connectivity index (χ2v) is 4.62. The van der Waals surface area contributed by atoms with Gasteiger partial charge in [-0.3, -0.25) is 0 Å². The molecule has 92 valence electrons. The van der Waals surface area contributed by atoms with Crippen LogP contribution in [0.5, 0.6) is 5.75 Å². The zero-order chi connectivity index (χ0) is 13.1. The second kappa shape index (κ2) is 5.42. The summed E-state index contributed by atoms with van der Waals surface area (Å²) in [7, 11) is 0. The molecule has 0 amide bonds. The second-order valence-electron chi connectivity index (χ2n) is 3.81. The normalized spacial score (nSPS) is 10.2. The van der Waals surface area contributed by atoms with Gasteiger partial charge in [0.05, 0.1) is 15.6 Å². The molecule has 0 atom stereocenters. The quantitative estimate of drug-likeness (QED) is 0.597. The third-order valence-electron chi connectivity index (χ3n) is 2.40. The molecule has 0 N–H and O–H groups in total. The molecule has 4 heteroatoms. The van der Waals surface area contributed by atoms with Crippen molar-refractivity contribution in [1.29, 1.82) is 0 Å². The van der Waals surface area contributed by atoms with E-state index in [4.69, 9.17) is 27.9 Å². The lowest BCUT2D eigenvalue weighted by Crippen LogP contribution is -2.09. The fourth-order valence-corrected chi connectivity index (χ4v) is 1.90. The summed E-state index contributed by atoms with van der Waals surface area (Å²) in [5, 5.41) is 0.617. The summed E-state index contributed by atoms with van der Waals surface area (Å²) in [6, 6.07) is 12.0. The van der Waals surface area contributed by atoms with E-state index in [1.54, 1.807) is 30.3 Å². The van der Waals surface area contributed by atoms with Crippen LogP contribution in [0, 0.1) is 6.92 Å². The Hall–Kier alpha value is -1.51. The average molecular weight is 281 g/mol. The molecule has 0 spiro atoms. The predicted octanol–water partition coefficient (Wildman–Crippen LogP) is 4.52. The minimum atomic E-state index is -0.481. The number of rotatable bonds is 2. The number of hydrogen-bond acceptors (Lipinski definition) is 2. The Morgan fingerprint density at radius 2 is 1.56 bits per heavy atom. The van der Waals surface area contributed by atoms with E-state index < -0.39 is 5.97 Å². The summed E-state index contributed by atoms with van der Waals surface area (Å²) in [5.41, 5.74) is 1.53. The monoisotopic (exact) mass is 280 g/mol. The largest absolute Gasteiger partial charge is 0.420 e. The van der Waals surface area contributed by atoms with Crippen LogP contribution in [0.1, 0.15) is 15.9 Å². The third kappa shape index (κ3) is 2.84. The topological polar surface area (TPSA) is 26.3 Å². The first-order chi connectivity index (χ1) is 8.58. The number of halogens is 2. The van der Waals surface area contributed by atoms with Crippen molar-refractivity contribution in [2.45, 2.75) is 6.92 Å². The number of hydrogen-bond donors (Lipinski definition) is 0. The van der Waals surface area contributed by atoms with Crippen molar-refractivity contribution < 1.29 is 9.53 Å². The van der Waals surface area contributed by atoms with E-state index in [2.05, 4.69) is 0 Å². The standard InChI is InChI=1S/C14H10Cl2O2/c1-9-5-7-10(8-6-9)14(17)18-13-11(15)3-2-4-12(13)16/h2-8H,1H3. The third-order valence-corrected chi connectivity index (χ3v) is 3.00. The van der Waals surface area contributed by atoms with Gasteiger partial charge < -0.3 is 4.74 Å². The molecule has 2 nitrogen and oxygen atoms in total. The van der Waals surface area contributed by atoms with Crippen LogP contribution in [0.2, 0.25) is 10.0 Å². The first kappa shape index (κ1) is 12.9. The minimum Gasteiger partial charge on any atom is -0.420 e. The lowest BCUT2D eigenvalue weighted by molar-refractivity contribution is 0.0735. The SMILES string of the molecule is Cc1ccc(C(=O)Oc2c(Cl)cccc2Cl)cc1. The van der Waals surface area contributed by atoms with Crippen molar-refractivity contribution in [3.63, 3.8) is 0 Å². The van der Waals surface area contributed by atoms with E-state index in [0.717, 1.165) is 5.56 Å². The van der Waals surface area contributed by atoms with Crippen LogP contribution >= 0.6 is 23.2 Å². The van der Waals surface area contributed by atoms with Gasteiger partial charge in [-0.05, 0) is 31.2 Å². The number of benzene rings is 2. The van der Waals surface area contributed by atoms with Crippen LogP contribution in [0.15, 0.2) is 42.5 Å². The first-order valence-corrected chi connectivity index (χ1v) is 6.06. The molecule has 0 aromatic heterocycles. The molecule has 0 aliphatic rings. The molecule has 2 rings (SSSR count). The zero-order valence-corrected chi connectivity index (χ0v) is 11.1. The molecule has 0 aliphatic heterocycles. The Morgan fingerprint density at radius 3 is 2.11 bits per heavy atom. The van der Waals surface area contributed by atoms with Gasteiger partial charge in [-0.1, -0.05) is 47.0 Å². The van der Waals surface area contributed by atoms with E-state index in [0.29, 0.717) is 15.6 Å². The summed E-state index contributed by atoms with van der Waals surface area (Å²) in [4.78, 5) is 11.9. The average Bonchev–Trinajstić information content (AvgIpc) is 2.34. The van der Waals surface area contributed by atoms with E-state index in [1.165, 1.54) is 0 Å². The maximum atomic E-state index is 11.9. The number of ether oxygens (including phenoxy) is 1. The molecule has 0 bridgehead atoms. The van der Waals surface area contributed by atoms with Gasteiger partial charge >= 0.3 is 5.97 Å². The molecule has 0 saturated carbocycles. The predicted molar refractivity (Wildman–Crippen MR) is 72.6 cm³/mol. The summed E-state index contributed by atoms with van der Waals surface area (Å²) < 4.78 is 5.20. The Kier molecular flexibility index (Phi) is 3.90. The molecule has 0 radical (unpaired) electrons. The van der Waals surface area contributed by atoms with Crippen LogP contribution in [-0.4, -0.2) is 5.97 Å². The Morgan fingerprint density at radius 1 is 1.00 bits per heavy atom. The minimum absolute atomic E-state index is 0.186. The van der Waals surface area contributed by atoms with Crippen molar-refractivity contribution >= 4 is 29.2 Å². The van der Waals surface area contributed by atoms with Crippen LogP contribution in [-0.2, 0) is 0 Å². The first-order valence-electron chi connectivity index (χ1n) is 5.31. The van der Waals surface area contributed by atoms with Crippen molar-refractivity contribution in [3.8, 4) is 5.75 Å². The highest BCUT2D eigenvalue weighted by Gasteiger charge is 2.13. The highest BCUT2D eigenvalue weighted by Crippen LogP contribution is 2.32. The van der Waals surface area contributed by atoms with E-state index in [-0.39, 0.29) is 5.75 Å². The Balaban J connectivity index is 2.24. The van der Waals surface area contributed by atoms with Gasteiger partial charge in [0.15, 0.2) is 5.75 Å². The maximum Gasteiger partial charge on any atom is 0.343 e. The molecular weight excluding hydrogens is 271 g/mol. The van der Waals surface area contributed by atoms with Crippen molar-refractivity contribution in [2.75, 3.05) is 0 Å². The van der Waals surface area contributed by atoms with Gasteiger partial charge in [0.1, 0.15) is 0 Å². The van der Waals surface area contributed by atoms with Crippen LogP contribution < -0.4 is 4.74 Å². The highest BCUT2D eigenvalue weighted by atomic mass is 35.5. The fraction of sp³-hybridized carbons (Fsp3) is 0.0714. The summed E-state index contributed by atoms with van der Waals surface area (Å²) in [6.07, 6.45) is 0. The van der Waals surface area contributed by atoms with Gasteiger partial charge in [0, 0.05) is 0 Å². The molecule has 2 aromatic carbocycles. The number of carbonyl (C=O) groups excluding carboxylic acids is 1. The van der Waals surface area contributed by atoms with Crippen molar-refractivity contribution in [2.24, 2.45) is 0 Å². The highest BCUT2D eigenvalue weighted by molar-refractivity contribution is 6.37. The molecule has 0 unspecified atom stereocenters. The molecule has 0 fully saturated rings. The van der Waals surface area contributed by atoms with Crippen LogP contribution in [0.25, 0.3) is 0 Å². The van der Waals surface area contributed by atoms with E-state index >= 15 is 0 Å². The fourth-order valence-electron chi connectivity index (χ4n) is 1.42. The number of aryl methyl sites for hydroxylation is 1. The Labute approximate surface area is 115 Å². The van der Waals surface area contributed by atoms with Crippen LogP contribution in [0.4, 0.5) is 0 Å². The van der Waals surface area contributed by atoms with Gasteiger partial charge in [0.2, 0.25) is 0 Å². The molecule has 0 saturated heterocycles. The summed E-state index contributed by atoms with van der Waals surface area (Å²) in [5.74, 6) is -0.295. The molecule has 0 aliphatic carbocycles. The Bertz CT molecular complexity index is 557. The van der Waals surface area contributed by atoms with Gasteiger partial charge in [0.25, 0.3) is 0 Å². The van der Waals surface area contributed by atoms with Crippen molar-refractivity contribution in [1.82, 2.24) is 0 Å². The lowest BCUT2D eigenvalue weighted by Gasteiger charge is -2.07. The molecule has 2 aromatic rings. The smallest absolute Gasteiger partial charge is 0.343 e. The van der Waals surface area contributed by atoms with E-state index in [1.807, 2.05) is 19.1 Å². The van der Waals surface area contributed by atoms with Gasteiger partial charge in [-0.25, -0.2) is 4.79 Å².